The Kier molecular flexibility index (Phi) is 9.69. The number of rotatable bonds is 11. The molecule has 0 spiro atoms. The predicted molar refractivity (Wildman–Crippen MR) is 138 cm³/mol. The molecule has 0 fully saturated rings. The Morgan fingerprint density at radius 1 is 0.972 bits per heavy atom. The smallest absolute Gasteiger partial charge is 0.354 e. The summed E-state index contributed by atoms with van der Waals surface area (Å²) in [5, 5.41) is 3.32. The fraction of sp³-hybridized carbons (Fsp3) is 0.240. The lowest BCUT2D eigenvalue weighted by molar-refractivity contribution is -0.137. The Morgan fingerprint density at radius 3 is 2.39 bits per heavy atom. The number of sulfonamides is 1. The highest BCUT2D eigenvalue weighted by Gasteiger charge is 2.33. The number of nitrogens with one attached hydrogen (secondary N) is 1. The summed E-state index contributed by atoms with van der Waals surface area (Å²) in [6, 6.07) is 18.7. The van der Waals surface area contributed by atoms with Crippen LogP contribution in [0, 0.1) is 0 Å². The SMILES string of the molecule is O=C(CN(c1cccc(C(F)(F)F)c1)S(=O)(=O)c1ccccc1)NCCCSCc1cccc(Cl)c1. The van der Waals surface area contributed by atoms with Crippen molar-refractivity contribution in [1.82, 2.24) is 5.32 Å². The van der Waals surface area contributed by atoms with Gasteiger partial charge in [-0.25, -0.2) is 8.42 Å². The van der Waals surface area contributed by atoms with Crippen molar-refractivity contribution in [3.8, 4) is 0 Å². The van der Waals surface area contributed by atoms with Crippen LogP contribution in [-0.2, 0) is 26.7 Å². The van der Waals surface area contributed by atoms with Gasteiger partial charge in [0.15, 0.2) is 0 Å². The molecule has 3 rings (SSSR count). The first kappa shape index (κ1) is 27.9. The largest absolute Gasteiger partial charge is 0.416 e. The number of benzene rings is 3. The maximum absolute atomic E-state index is 13.3. The van der Waals surface area contributed by atoms with E-state index in [-0.39, 0.29) is 10.6 Å². The van der Waals surface area contributed by atoms with E-state index in [0.29, 0.717) is 22.3 Å². The third-order valence-corrected chi connectivity index (χ3v) is 8.16. The summed E-state index contributed by atoms with van der Waals surface area (Å²) in [6.07, 6.45) is -4.03. The second kappa shape index (κ2) is 12.5. The topological polar surface area (TPSA) is 66.5 Å². The van der Waals surface area contributed by atoms with Crippen molar-refractivity contribution in [2.24, 2.45) is 0 Å². The van der Waals surface area contributed by atoms with Crippen LogP contribution in [0.15, 0.2) is 83.8 Å². The van der Waals surface area contributed by atoms with Crippen LogP contribution in [0.5, 0.6) is 0 Å². The summed E-state index contributed by atoms with van der Waals surface area (Å²) in [6.45, 7) is -0.364. The minimum Gasteiger partial charge on any atom is -0.354 e. The van der Waals surface area contributed by atoms with Gasteiger partial charge in [-0.2, -0.15) is 24.9 Å². The van der Waals surface area contributed by atoms with Crippen molar-refractivity contribution in [2.45, 2.75) is 23.2 Å². The number of carbonyl (C=O) groups is 1. The Morgan fingerprint density at radius 2 is 1.69 bits per heavy atom. The number of amides is 1. The first-order valence-electron chi connectivity index (χ1n) is 10.9. The number of thioether (sulfide) groups is 1. The first-order chi connectivity index (χ1) is 17.1. The van der Waals surface area contributed by atoms with E-state index in [9.17, 15) is 26.4 Å². The van der Waals surface area contributed by atoms with Gasteiger partial charge in [-0.3, -0.25) is 9.10 Å². The summed E-state index contributed by atoms with van der Waals surface area (Å²) >= 11 is 7.63. The zero-order valence-corrected chi connectivity index (χ0v) is 21.4. The molecule has 0 bridgehead atoms. The number of halogens is 4. The van der Waals surface area contributed by atoms with Crippen molar-refractivity contribution >= 4 is 45.0 Å². The first-order valence-corrected chi connectivity index (χ1v) is 13.9. The second-order valence-electron chi connectivity index (χ2n) is 7.76. The lowest BCUT2D eigenvalue weighted by atomic mass is 10.2. The number of nitrogens with zero attached hydrogens (tertiary/aromatic N) is 1. The van der Waals surface area contributed by atoms with E-state index in [2.05, 4.69) is 5.32 Å². The molecule has 11 heteroatoms. The molecule has 3 aromatic rings. The van der Waals surface area contributed by atoms with Gasteiger partial charge >= 0.3 is 6.18 Å². The zero-order chi connectivity index (χ0) is 26.2. The summed E-state index contributed by atoms with van der Waals surface area (Å²) in [7, 11) is -4.29. The summed E-state index contributed by atoms with van der Waals surface area (Å²) in [5.41, 5.74) is -0.175. The molecule has 1 N–H and O–H groups in total. The molecule has 0 heterocycles. The molecule has 36 heavy (non-hydrogen) atoms. The van der Waals surface area contributed by atoms with Crippen molar-refractivity contribution in [3.63, 3.8) is 0 Å². The summed E-state index contributed by atoms with van der Waals surface area (Å²) in [5.74, 6) is 0.881. The maximum atomic E-state index is 13.3. The molecule has 0 atom stereocenters. The Labute approximate surface area is 217 Å². The fourth-order valence-corrected chi connectivity index (χ4v) is 5.83. The van der Waals surface area contributed by atoms with Crippen molar-refractivity contribution < 1.29 is 26.4 Å². The Hall–Kier alpha value is -2.69. The third-order valence-electron chi connectivity index (χ3n) is 5.03. The van der Waals surface area contributed by atoms with Crippen molar-refractivity contribution in [1.29, 1.82) is 0 Å². The highest BCUT2D eigenvalue weighted by atomic mass is 35.5. The number of hydrogen-bond donors (Lipinski definition) is 1. The van der Waals surface area contributed by atoms with Gasteiger partial charge in [-0.1, -0.05) is 48.0 Å². The van der Waals surface area contributed by atoms with Crippen molar-refractivity contribution in [2.75, 3.05) is 23.1 Å². The highest BCUT2D eigenvalue weighted by molar-refractivity contribution is 7.98. The highest BCUT2D eigenvalue weighted by Crippen LogP contribution is 2.33. The Balaban J connectivity index is 1.65. The van der Waals surface area contributed by atoms with Crippen LogP contribution in [0.2, 0.25) is 5.02 Å². The van der Waals surface area contributed by atoms with Gasteiger partial charge in [-0.15, -0.1) is 0 Å². The quantitative estimate of drug-likeness (QED) is 0.294. The van der Waals surface area contributed by atoms with Crippen LogP contribution in [0.1, 0.15) is 17.5 Å². The normalized spacial score (nSPS) is 11.8. The molecule has 0 aromatic heterocycles. The molecule has 0 saturated carbocycles. The molecule has 3 aromatic carbocycles. The molecule has 1 amide bonds. The standard InChI is InChI=1S/C25H24ClF3N2O3S2/c26-21-9-4-7-19(15-21)18-35-14-6-13-30-24(32)17-31(36(33,34)23-11-2-1-3-12-23)22-10-5-8-20(16-22)25(27,28)29/h1-5,7-12,15-16H,6,13-14,17-18H2,(H,30,32). The molecule has 0 unspecified atom stereocenters. The predicted octanol–water partition coefficient (Wildman–Crippen LogP) is 5.99. The van der Waals surface area contributed by atoms with Gasteiger partial charge in [0.2, 0.25) is 5.91 Å². The summed E-state index contributed by atoms with van der Waals surface area (Å²) in [4.78, 5) is 12.5. The van der Waals surface area contributed by atoms with E-state index in [4.69, 9.17) is 11.6 Å². The van der Waals surface area contributed by atoms with Crippen LogP contribution in [0.3, 0.4) is 0 Å². The van der Waals surface area contributed by atoms with Gasteiger partial charge in [0.05, 0.1) is 16.1 Å². The van der Waals surface area contributed by atoms with Gasteiger partial charge < -0.3 is 5.32 Å². The van der Waals surface area contributed by atoms with E-state index in [0.717, 1.165) is 35.3 Å². The molecule has 5 nitrogen and oxygen atoms in total. The average molecular weight is 557 g/mol. The number of hydrogen-bond acceptors (Lipinski definition) is 4. The van der Waals surface area contributed by atoms with E-state index < -0.39 is 34.2 Å². The van der Waals surface area contributed by atoms with Crippen LogP contribution in [0.25, 0.3) is 0 Å². The summed E-state index contributed by atoms with van der Waals surface area (Å²) < 4.78 is 67.0. The lowest BCUT2D eigenvalue weighted by Crippen LogP contribution is -2.41. The molecule has 0 aliphatic carbocycles. The third kappa shape index (κ3) is 7.91. The Bertz CT molecular complexity index is 1270. The van der Waals surface area contributed by atoms with E-state index in [1.807, 2.05) is 18.2 Å². The average Bonchev–Trinajstić information content (AvgIpc) is 2.84. The molecular weight excluding hydrogens is 533 g/mol. The molecular formula is C25H24ClF3N2O3S2. The fourth-order valence-electron chi connectivity index (χ4n) is 3.28. The maximum Gasteiger partial charge on any atom is 0.416 e. The minimum absolute atomic E-state index is 0.132. The number of alkyl halides is 3. The zero-order valence-electron chi connectivity index (χ0n) is 19.0. The van der Waals surface area contributed by atoms with Crippen LogP contribution < -0.4 is 9.62 Å². The molecule has 0 saturated heterocycles. The molecule has 192 valence electrons. The number of carbonyl (C=O) groups excluding carboxylic acids is 1. The van der Waals surface area contributed by atoms with Crippen LogP contribution >= 0.6 is 23.4 Å². The molecule has 0 aliphatic heterocycles. The van der Waals surface area contributed by atoms with Gasteiger partial charge in [0.25, 0.3) is 10.0 Å². The van der Waals surface area contributed by atoms with Gasteiger partial charge in [-0.05, 0) is 60.2 Å². The van der Waals surface area contributed by atoms with Gasteiger partial charge in [0, 0.05) is 17.3 Å². The minimum atomic E-state index is -4.66. The van der Waals surface area contributed by atoms with E-state index in [1.165, 1.54) is 30.3 Å². The van der Waals surface area contributed by atoms with Crippen LogP contribution in [-0.4, -0.2) is 33.2 Å². The molecule has 0 radical (unpaired) electrons. The van der Waals surface area contributed by atoms with E-state index in [1.54, 1.807) is 23.9 Å². The van der Waals surface area contributed by atoms with Gasteiger partial charge in [0.1, 0.15) is 6.54 Å². The van der Waals surface area contributed by atoms with Crippen molar-refractivity contribution in [3.05, 3.63) is 95.0 Å². The van der Waals surface area contributed by atoms with E-state index >= 15 is 0 Å². The monoisotopic (exact) mass is 556 g/mol. The second-order valence-corrected chi connectivity index (χ2v) is 11.2. The molecule has 0 aliphatic rings. The van der Waals surface area contributed by atoms with Crippen LogP contribution in [0.4, 0.5) is 18.9 Å². The number of anilines is 1. The lowest BCUT2D eigenvalue weighted by Gasteiger charge is -2.25.